The second kappa shape index (κ2) is 14.2. The lowest BCUT2D eigenvalue weighted by atomic mass is 10.0. The molecule has 2 aliphatic rings. The Bertz CT molecular complexity index is 1240. The number of carbonyl (C=O) groups excluding carboxylic acids is 1. The molecule has 3 heterocycles. The van der Waals surface area contributed by atoms with E-state index in [0.717, 1.165) is 69.1 Å². The number of nitrogens with one attached hydrogen (secondary N) is 1. The summed E-state index contributed by atoms with van der Waals surface area (Å²) in [7, 11) is 0. The fourth-order valence-electron chi connectivity index (χ4n) is 5.35. The first-order valence-corrected chi connectivity index (χ1v) is 14.0. The number of aryl methyl sites for hydroxylation is 1. The first-order valence-electron chi connectivity index (χ1n) is 14.0. The lowest BCUT2D eigenvalue weighted by molar-refractivity contribution is 0.0955. The molecule has 2 aromatic carbocycles. The van der Waals surface area contributed by atoms with Gasteiger partial charge in [0.1, 0.15) is 11.6 Å². The Kier molecular flexibility index (Phi) is 10.4. The van der Waals surface area contributed by atoms with Crippen molar-refractivity contribution in [2.45, 2.75) is 39.3 Å². The van der Waals surface area contributed by atoms with E-state index in [2.05, 4.69) is 25.0 Å². The number of aromatic hydroxyl groups is 1. The van der Waals surface area contributed by atoms with Gasteiger partial charge in [0.2, 0.25) is 0 Å². The van der Waals surface area contributed by atoms with E-state index in [-0.39, 0.29) is 5.91 Å². The highest BCUT2D eigenvalue weighted by atomic mass is 19.2. The molecule has 7 nitrogen and oxygen atoms in total. The third-order valence-electron chi connectivity index (χ3n) is 7.48. The van der Waals surface area contributed by atoms with Gasteiger partial charge in [-0.2, -0.15) is 0 Å². The number of carbonyl (C=O) groups is 1. The van der Waals surface area contributed by atoms with Crippen LogP contribution in [0.1, 0.15) is 41.3 Å². The fraction of sp³-hybridized carbons (Fsp3) is 0.419. The molecule has 1 amide bonds. The predicted molar refractivity (Wildman–Crippen MR) is 154 cm³/mol. The number of benzene rings is 2. The van der Waals surface area contributed by atoms with Crippen LogP contribution in [0.15, 0.2) is 60.8 Å². The van der Waals surface area contributed by atoms with Gasteiger partial charge in [0.25, 0.3) is 5.91 Å². The summed E-state index contributed by atoms with van der Waals surface area (Å²) in [6.45, 7) is 10.9. The molecule has 0 unspecified atom stereocenters. The lowest BCUT2D eigenvalue weighted by Gasteiger charge is -2.43. The first kappa shape index (κ1) is 29.4. The van der Waals surface area contributed by atoms with Gasteiger partial charge in [-0.25, -0.2) is 13.8 Å². The molecule has 0 bridgehead atoms. The van der Waals surface area contributed by atoms with Crippen molar-refractivity contribution in [1.82, 2.24) is 20.1 Å². The number of rotatable bonds is 6. The third kappa shape index (κ3) is 7.99. The Morgan fingerprint density at radius 2 is 1.68 bits per heavy atom. The van der Waals surface area contributed by atoms with Gasteiger partial charge in [0, 0.05) is 51.5 Å². The Morgan fingerprint density at radius 1 is 0.975 bits per heavy atom. The monoisotopic (exact) mass is 551 g/mol. The maximum atomic E-state index is 13.5. The molecule has 2 fully saturated rings. The number of anilines is 1. The maximum Gasteiger partial charge on any atom is 0.252 e. The van der Waals surface area contributed by atoms with Crippen LogP contribution in [-0.4, -0.2) is 77.7 Å². The normalized spacial score (nSPS) is 16.8. The summed E-state index contributed by atoms with van der Waals surface area (Å²) in [5.41, 5.74) is 2.45. The number of phenolic OH excluding ortho intramolecular Hbond substituents is 1. The van der Waals surface area contributed by atoms with Crippen LogP contribution >= 0.6 is 0 Å². The molecule has 40 heavy (non-hydrogen) atoms. The molecular formula is C31H39F2N5O2. The molecule has 2 N–H and O–H groups in total. The second-order valence-corrected chi connectivity index (χ2v) is 10.3. The quantitative estimate of drug-likeness (QED) is 0.467. The minimum Gasteiger partial charge on any atom is -0.508 e. The van der Waals surface area contributed by atoms with Crippen molar-refractivity contribution in [2.24, 2.45) is 0 Å². The van der Waals surface area contributed by atoms with Gasteiger partial charge in [-0.05, 0) is 81.2 Å². The molecule has 214 valence electrons. The highest BCUT2D eigenvalue weighted by Gasteiger charge is 2.28. The van der Waals surface area contributed by atoms with Gasteiger partial charge in [0.15, 0.2) is 11.6 Å². The summed E-state index contributed by atoms with van der Waals surface area (Å²) in [6, 6.07) is 15.4. The number of pyridine rings is 1. The van der Waals surface area contributed by atoms with Crippen molar-refractivity contribution >= 4 is 11.7 Å². The number of nitrogens with zero attached hydrogens (tertiary/aromatic N) is 4. The van der Waals surface area contributed by atoms with Crippen molar-refractivity contribution in [3.05, 3.63) is 89.1 Å². The zero-order valence-corrected chi connectivity index (χ0v) is 23.3. The third-order valence-corrected chi connectivity index (χ3v) is 7.48. The number of para-hydroxylation sites is 1. The maximum absolute atomic E-state index is 13.5. The highest BCUT2D eigenvalue weighted by molar-refractivity contribution is 5.94. The number of phenols is 1. The number of piperazine rings is 1. The summed E-state index contributed by atoms with van der Waals surface area (Å²) in [6.07, 6.45) is 3.84. The van der Waals surface area contributed by atoms with Crippen molar-refractivity contribution < 1.29 is 18.7 Å². The zero-order valence-electron chi connectivity index (χ0n) is 23.3. The SMILES string of the molecule is CCNC(=O)c1cnc(N2CCN(C3CCN(Cc4ccc(F)c(F)c4)CC3)CC2)c(C)c1.Oc1ccccc1. The molecule has 2 aliphatic heterocycles. The highest BCUT2D eigenvalue weighted by Crippen LogP contribution is 2.24. The standard InChI is InChI=1S/C25H33F2N5O.C6H6O/c1-3-28-25(33)20-14-18(2)24(29-16-20)32-12-10-31(11-13-32)21-6-8-30(9-7-21)17-19-4-5-22(26)23(27)15-19;7-6-4-2-1-3-5-6/h4-5,14-16,21H,3,6-13,17H2,1-2H3,(H,28,33);1-5,7H. The Morgan fingerprint density at radius 3 is 2.25 bits per heavy atom. The van der Waals surface area contributed by atoms with E-state index in [1.165, 1.54) is 12.1 Å². The average Bonchev–Trinajstić information content (AvgIpc) is 2.96. The van der Waals surface area contributed by atoms with Gasteiger partial charge >= 0.3 is 0 Å². The van der Waals surface area contributed by atoms with E-state index in [9.17, 15) is 13.6 Å². The first-order chi connectivity index (χ1) is 19.3. The molecule has 0 radical (unpaired) electrons. The van der Waals surface area contributed by atoms with E-state index in [1.807, 2.05) is 26.0 Å². The van der Waals surface area contributed by atoms with Gasteiger partial charge in [-0.15, -0.1) is 0 Å². The molecule has 5 rings (SSSR count). The summed E-state index contributed by atoms with van der Waals surface area (Å²) in [5, 5.41) is 11.4. The largest absolute Gasteiger partial charge is 0.508 e. The van der Waals surface area contributed by atoms with Gasteiger partial charge < -0.3 is 15.3 Å². The van der Waals surface area contributed by atoms with Crippen LogP contribution < -0.4 is 10.2 Å². The Labute approximate surface area is 235 Å². The molecule has 0 saturated carbocycles. The van der Waals surface area contributed by atoms with Crippen LogP contribution in [0.25, 0.3) is 0 Å². The molecule has 0 atom stereocenters. The summed E-state index contributed by atoms with van der Waals surface area (Å²) >= 11 is 0. The number of piperidine rings is 1. The zero-order chi connectivity index (χ0) is 28.5. The molecule has 9 heteroatoms. The number of hydrogen-bond acceptors (Lipinski definition) is 6. The topological polar surface area (TPSA) is 71.9 Å². The molecule has 3 aromatic rings. The fourth-order valence-corrected chi connectivity index (χ4v) is 5.35. The Hall–Kier alpha value is -3.56. The Balaban J connectivity index is 0.000000461. The van der Waals surface area contributed by atoms with E-state index in [0.29, 0.717) is 30.4 Å². The number of aromatic nitrogens is 1. The van der Waals surface area contributed by atoms with E-state index < -0.39 is 11.6 Å². The van der Waals surface area contributed by atoms with Crippen molar-refractivity contribution in [1.29, 1.82) is 0 Å². The summed E-state index contributed by atoms with van der Waals surface area (Å²) < 4.78 is 26.6. The van der Waals surface area contributed by atoms with Crippen LogP contribution in [0.4, 0.5) is 14.6 Å². The molecule has 2 saturated heterocycles. The average molecular weight is 552 g/mol. The van der Waals surface area contributed by atoms with E-state index in [4.69, 9.17) is 5.11 Å². The van der Waals surface area contributed by atoms with Crippen LogP contribution in [0.5, 0.6) is 5.75 Å². The number of likely N-dealkylation sites (tertiary alicyclic amines) is 1. The summed E-state index contributed by atoms with van der Waals surface area (Å²) in [5.74, 6) is -0.365. The van der Waals surface area contributed by atoms with Crippen LogP contribution in [0.2, 0.25) is 0 Å². The minimum absolute atomic E-state index is 0.0830. The van der Waals surface area contributed by atoms with Gasteiger partial charge in [0.05, 0.1) is 5.56 Å². The molecule has 0 aliphatic carbocycles. The molecule has 1 aromatic heterocycles. The molecular weight excluding hydrogens is 512 g/mol. The van der Waals surface area contributed by atoms with Gasteiger partial charge in [-0.3, -0.25) is 14.6 Å². The van der Waals surface area contributed by atoms with Crippen LogP contribution in [0.3, 0.4) is 0 Å². The van der Waals surface area contributed by atoms with Crippen LogP contribution in [-0.2, 0) is 6.54 Å². The van der Waals surface area contributed by atoms with Crippen molar-refractivity contribution in [3.8, 4) is 5.75 Å². The predicted octanol–water partition coefficient (Wildman–Crippen LogP) is 4.60. The molecule has 0 spiro atoms. The van der Waals surface area contributed by atoms with E-state index in [1.54, 1.807) is 36.5 Å². The number of hydrogen-bond donors (Lipinski definition) is 2. The lowest BCUT2D eigenvalue weighted by Crippen LogP contribution is -2.53. The second-order valence-electron chi connectivity index (χ2n) is 10.3. The summed E-state index contributed by atoms with van der Waals surface area (Å²) in [4.78, 5) is 23.9. The number of halogens is 2. The smallest absolute Gasteiger partial charge is 0.252 e. The van der Waals surface area contributed by atoms with E-state index >= 15 is 0 Å². The van der Waals surface area contributed by atoms with Crippen LogP contribution in [0, 0.1) is 18.6 Å². The number of amides is 1. The van der Waals surface area contributed by atoms with Crippen molar-refractivity contribution in [3.63, 3.8) is 0 Å². The van der Waals surface area contributed by atoms with Crippen molar-refractivity contribution in [2.75, 3.05) is 50.7 Å². The van der Waals surface area contributed by atoms with Gasteiger partial charge in [-0.1, -0.05) is 24.3 Å². The minimum atomic E-state index is -0.792.